The van der Waals surface area contributed by atoms with E-state index >= 15 is 0 Å². The van der Waals surface area contributed by atoms with Gasteiger partial charge in [0.15, 0.2) is 0 Å². The van der Waals surface area contributed by atoms with Crippen molar-refractivity contribution in [2.75, 3.05) is 18.5 Å². The monoisotopic (exact) mass is 325 g/mol. The number of imide groups is 1. The van der Waals surface area contributed by atoms with Crippen LogP contribution >= 0.6 is 0 Å². The number of carbonyl (C=O) groups excluding carboxylic acids is 2. The molecule has 4 N–H and O–H groups in total. The summed E-state index contributed by atoms with van der Waals surface area (Å²) in [6.45, 7) is 2.59. The third-order valence-corrected chi connectivity index (χ3v) is 3.40. The molecule has 2 atom stereocenters. The minimum Gasteiger partial charge on any atom is -0.489 e. The molecular weight excluding hydrogens is 305 g/mol. The smallest absolute Gasteiger partial charge is 0.318 e. The maximum atomic E-state index is 13.5. The molecule has 0 radical (unpaired) electrons. The maximum Gasteiger partial charge on any atom is 0.318 e. The van der Waals surface area contributed by atoms with Crippen LogP contribution in [0.4, 0.5) is 14.9 Å². The topological polar surface area (TPSA) is 103 Å². The first kappa shape index (κ1) is 17.0. The number of nitrogens with two attached hydrogens (primary N) is 1. The fraction of sp³-hybridized carbons (Fsp3) is 0.467. The van der Waals surface area contributed by atoms with Gasteiger partial charge >= 0.3 is 6.03 Å². The van der Waals surface area contributed by atoms with E-state index in [0.29, 0.717) is 24.7 Å². The molecule has 0 saturated carbocycles. The van der Waals surface area contributed by atoms with E-state index in [-0.39, 0.29) is 6.10 Å². The molecule has 0 unspecified atom stereocenters. The third-order valence-electron chi connectivity index (χ3n) is 3.40. The number of hydrogen-bond donors (Lipinski definition) is 3. The number of primary amides is 1. The molecule has 1 aromatic rings. The number of anilines is 1. The van der Waals surface area contributed by atoms with Crippen molar-refractivity contribution >= 4 is 17.6 Å². The summed E-state index contributed by atoms with van der Waals surface area (Å²) in [6, 6.07) is 2.22. The third kappa shape index (κ3) is 5.10. The second-order valence-electron chi connectivity index (χ2n) is 5.31. The highest BCUT2D eigenvalue weighted by Crippen LogP contribution is 2.27. The van der Waals surface area contributed by atoms with E-state index in [9.17, 15) is 14.0 Å². The van der Waals surface area contributed by atoms with E-state index in [0.717, 1.165) is 12.8 Å². The van der Waals surface area contributed by atoms with Crippen LogP contribution in [0.2, 0.25) is 0 Å². The van der Waals surface area contributed by atoms with Crippen molar-refractivity contribution in [1.29, 1.82) is 0 Å². The quantitative estimate of drug-likeness (QED) is 0.733. The first-order chi connectivity index (χ1) is 11.0. The van der Waals surface area contributed by atoms with Gasteiger partial charge in [-0.05, 0) is 31.9 Å². The van der Waals surface area contributed by atoms with Crippen LogP contribution in [0.25, 0.3) is 0 Å². The molecule has 0 bridgehead atoms. The van der Waals surface area contributed by atoms with Crippen LogP contribution in [-0.4, -0.2) is 37.3 Å². The molecule has 0 aliphatic carbocycles. The number of ether oxygens (including phenoxy) is 2. The normalized spacial score (nSPS) is 18.3. The van der Waals surface area contributed by atoms with E-state index in [4.69, 9.17) is 15.2 Å². The summed E-state index contributed by atoms with van der Waals surface area (Å²) in [7, 11) is 0. The maximum absolute atomic E-state index is 13.5. The first-order valence-corrected chi connectivity index (χ1v) is 7.36. The Hall–Kier alpha value is -2.35. The SMILES string of the molecule is C[C@@H](Nc1cc(F)ccc1OC[C@H]1CCCO1)C(=O)NC(N)=O. The standard InChI is InChI=1S/C15H20FN3O4/c1-9(14(20)19-15(17)21)18-12-7-10(16)4-5-13(12)23-8-11-3-2-6-22-11/h4-5,7,9,11,18H,2-3,6,8H2,1H3,(H3,17,19,20,21)/t9-,11-/m1/s1. The summed E-state index contributed by atoms with van der Waals surface area (Å²) in [6.07, 6.45) is 1.93. The van der Waals surface area contributed by atoms with Crippen molar-refractivity contribution < 1.29 is 23.5 Å². The van der Waals surface area contributed by atoms with Gasteiger partial charge in [-0.2, -0.15) is 0 Å². The van der Waals surface area contributed by atoms with Crippen LogP contribution in [0.3, 0.4) is 0 Å². The zero-order chi connectivity index (χ0) is 16.8. The molecule has 1 heterocycles. The van der Waals surface area contributed by atoms with E-state index in [1.807, 2.05) is 5.32 Å². The van der Waals surface area contributed by atoms with E-state index in [1.165, 1.54) is 25.1 Å². The molecule has 0 aromatic heterocycles. The summed E-state index contributed by atoms with van der Waals surface area (Å²) in [5.74, 6) is -0.688. The van der Waals surface area contributed by atoms with Gasteiger partial charge in [-0.3, -0.25) is 10.1 Å². The fourth-order valence-corrected chi connectivity index (χ4v) is 2.23. The van der Waals surface area contributed by atoms with Gasteiger partial charge in [0.1, 0.15) is 24.2 Å². The number of urea groups is 1. The number of benzene rings is 1. The molecule has 3 amide bonds. The highest BCUT2D eigenvalue weighted by Gasteiger charge is 2.19. The Kier molecular flexibility index (Phi) is 5.75. The molecule has 2 rings (SSSR count). The molecule has 1 saturated heterocycles. The predicted molar refractivity (Wildman–Crippen MR) is 81.7 cm³/mol. The molecule has 1 aromatic carbocycles. The highest BCUT2D eigenvalue weighted by molar-refractivity contribution is 5.97. The fourth-order valence-electron chi connectivity index (χ4n) is 2.23. The predicted octanol–water partition coefficient (Wildman–Crippen LogP) is 1.38. The van der Waals surface area contributed by atoms with Gasteiger partial charge in [-0.15, -0.1) is 0 Å². The lowest BCUT2D eigenvalue weighted by Gasteiger charge is -2.18. The molecular formula is C15H20FN3O4. The zero-order valence-corrected chi connectivity index (χ0v) is 12.8. The summed E-state index contributed by atoms with van der Waals surface area (Å²) in [5, 5.41) is 4.76. The lowest BCUT2D eigenvalue weighted by atomic mass is 10.2. The highest BCUT2D eigenvalue weighted by atomic mass is 19.1. The van der Waals surface area contributed by atoms with Gasteiger partial charge in [0, 0.05) is 12.7 Å². The number of hydrogen-bond acceptors (Lipinski definition) is 5. The second-order valence-corrected chi connectivity index (χ2v) is 5.31. The molecule has 23 heavy (non-hydrogen) atoms. The Morgan fingerprint density at radius 1 is 1.52 bits per heavy atom. The number of carbonyl (C=O) groups is 2. The second kappa shape index (κ2) is 7.77. The molecule has 1 aliphatic heterocycles. The lowest BCUT2D eigenvalue weighted by Crippen LogP contribution is -2.43. The van der Waals surface area contributed by atoms with Crippen LogP contribution in [0, 0.1) is 5.82 Å². The minimum atomic E-state index is -0.947. The molecule has 0 spiro atoms. The molecule has 8 heteroatoms. The van der Waals surface area contributed by atoms with E-state index in [2.05, 4.69) is 5.32 Å². The first-order valence-electron chi connectivity index (χ1n) is 7.36. The average molecular weight is 325 g/mol. The minimum absolute atomic E-state index is 0.0171. The summed E-state index contributed by atoms with van der Waals surface area (Å²) in [4.78, 5) is 22.4. The van der Waals surface area contributed by atoms with Crippen LogP contribution in [0.1, 0.15) is 19.8 Å². The Labute approximate surface area is 133 Å². The van der Waals surface area contributed by atoms with Gasteiger partial charge in [0.25, 0.3) is 0 Å². The van der Waals surface area contributed by atoms with Crippen molar-refractivity contribution in [3.05, 3.63) is 24.0 Å². The van der Waals surface area contributed by atoms with Gasteiger partial charge in [-0.1, -0.05) is 0 Å². The van der Waals surface area contributed by atoms with Crippen molar-refractivity contribution in [3.63, 3.8) is 0 Å². The lowest BCUT2D eigenvalue weighted by molar-refractivity contribution is -0.120. The molecule has 1 fully saturated rings. The van der Waals surface area contributed by atoms with Crippen molar-refractivity contribution in [2.45, 2.75) is 31.9 Å². The average Bonchev–Trinajstić information content (AvgIpc) is 2.99. The Morgan fingerprint density at radius 2 is 2.30 bits per heavy atom. The summed E-state index contributed by atoms with van der Waals surface area (Å²) < 4.78 is 24.6. The van der Waals surface area contributed by atoms with Gasteiger partial charge < -0.3 is 20.5 Å². The molecule has 7 nitrogen and oxygen atoms in total. The van der Waals surface area contributed by atoms with Crippen molar-refractivity contribution in [1.82, 2.24) is 5.32 Å². The number of nitrogens with one attached hydrogen (secondary N) is 2. The van der Waals surface area contributed by atoms with Crippen molar-refractivity contribution in [3.8, 4) is 5.75 Å². The number of rotatable bonds is 6. The largest absolute Gasteiger partial charge is 0.489 e. The Balaban J connectivity index is 2.02. The van der Waals surface area contributed by atoms with E-state index < -0.39 is 23.8 Å². The summed E-state index contributed by atoms with van der Waals surface area (Å²) >= 11 is 0. The van der Waals surface area contributed by atoms with Gasteiger partial charge in [0.05, 0.1) is 11.8 Å². The number of halogens is 1. The van der Waals surface area contributed by atoms with Gasteiger partial charge in [-0.25, -0.2) is 9.18 Å². The molecule has 126 valence electrons. The van der Waals surface area contributed by atoms with Crippen LogP contribution in [-0.2, 0) is 9.53 Å². The van der Waals surface area contributed by atoms with Crippen LogP contribution in [0.5, 0.6) is 5.75 Å². The Bertz CT molecular complexity index is 576. The van der Waals surface area contributed by atoms with Crippen LogP contribution < -0.4 is 21.1 Å². The van der Waals surface area contributed by atoms with Gasteiger partial charge in [0.2, 0.25) is 5.91 Å². The van der Waals surface area contributed by atoms with E-state index in [1.54, 1.807) is 0 Å². The number of amides is 3. The van der Waals surface area contributed by atoms with Crippen molar-refractivity contribution in [2.24, 2.45) is 5.73 Å². The molecule has 1 aliphatic rings. The Morgan fingerprint density at radius 3 is 2.96 bits per heavy atom. The summed E-state index contributed by atoms with van der Waals surface area (Å²) in [5.41, 5.74) is 5.21. The zero-order valence-electron chi connectivity index (χ0n) is 12.8. The van der Waals surface area contributed by atoms with Crippen LogP contribution in [0.15, 0.2) is 18.2 Å².